The van der Waals surface area contributed by atoms with E-state index in [1.165, 1.54) is 21.5 Å². The number of hydrogen-bond acceptors (Lipinski definition) is 5. The van der Waals surface area contributed by atoms with Crippen LogP contribution in [0.4, 0.5) is 19.1 Å². The van der Waals surface area contributed by atoms with Crippen LogP contribution in [0.1, 0.15) is 28.1 Å². The summed E-state index contributed by atoms with van der Waals surface area (Å²) in [7, 11) is 1.60. The largest absolute Gasteiger partial charge is 0.416 e. The van der Waals surface area contributed by atoms with Gasteiger partial charge < -0.3 is 10.6 Å². The molecule has 10 heteroatoms. The third kappa shape index (κ3) is 3.90. The van der Waals surface area contributed by atoms with Gasteiger partial charge in [0.05, 0.1) is 12.0 Å². The topological polar surface area (TPSA) is 89.4 Å². The van der Waals surface area contributed by atoms with E-state index in [9.17, 15) is 18.0 Å². The number of aromatic nitrogens is 4. The predicted octanol–water partition coefficient (Wildman–Crippen LogP) is 2.54. The van der Waals surface area contributed by atoms with E-state index in [0.717, 1.165) is 12.1 Å². The van der Waals surface area contributed by atoms with Gasteiger partial charge in [0.1, 0.15) is 0 Å². The summed E-state index contributed by atoms with van der Waals surface area (Å²) in [4.78, 5) is 22.4. The minimum atomic E-state index is -4.38. The maximum atomic E-state index is 12.7. The Labute approximate surface area is 159 Å². The molecule has 0 atom stereocenters. The number of hydrogen-bond donors (Lipinski definition) is 1. The Balaban J connectivity index is 1.75. The number of benzene rings is 1. The lowest BCUT2D eigenvalue weighted by molar-refractivity contribution is -0.137. The lowest BCUT2D eigenvalue weighted by atomic mass is 10.1. The molecule has 2 aromatic heterocycles. The molecule has 0 aliphatic heterocycles. The molecular formula is C18H19F3N6O. The Hall–Kier alpha value is -3.17. The number of aryl methyl sites for hydroxylation is 2. The van der Waals surface area contributed by atoms with Crippen LogP contribution in [0.25, 0.3) is 5.78 Å². The normalized spacial score (nSPS) is 11.8. The van der Waals surface area contributed by atoms with Crippen molar-refractivity contribution in [3.63, 3.8) is 0 Å². The molecule has 0 aliphatic rings. The number of nitrogens with zero attached hydrogens (tertiary/aromatic N) is 5. The minimum Gasteiger partial charge on any atom is -0.366 e. The Morgan fingerprint density at radius 1 is 1.18 bits per heavy atom. The van der Waals surface area contributed by atoms with E-state index < -0.39 is 11.7 Å². The Morgan fingerprint density at radius 3 is 2.43 bits per heavy atom. The zero-order valence-corrected chi connectivity index (χ0v) is 15.6. The number of halogens is 3. The molecule has 3 aromatic rings. The zero-order valence-electron chi connectivity index (χ0n) is 15.6. The highest BCUT2D eigenvalue weighted by molar-refractivity contribution is 5.79. The number of amides is 1. The van der Waals surface area contributed by atoms with E-state index in [-0.39, 0.29) is 24.8 Å². The van der Waals surface area contributed by atoms with Crippen molar-refractivity contribution >= 4 is 17.6 Å². The second kappa shape index (κ2) is 7.10. The first-order valence-electron chi connectivity index (χ1n) is 8.44. The summed E-state index contributed by atoms with van der Waals surface area (Å²) in [6.45, 7) is 3.77. The molecule has 148 valence electrons. The van der Waals surface area contributed by atoms with Crippen LogP contribution in [0.3, 0.4) is 0 Å². The highest BCUT2D eigenvalue weighted by atomic mass is 19.4. The number of carbonyl (C=O) groups is 1. The first kappa shape index (κ1) is 19.6. The Bertz CT molecular complexity index is 1030. The standard InChI is InChI=1S/C18H19F3N6O/c1-10-14(11(2)27-17(23-10)24-16(22)25-27)8-15(28)26(3)9-12-4-6-13(7-5-12)18(19,20)21/h4-7H,8-9H2,1-3H3,(H2,22,25). The van der Waals surface area contributed by atoms with Crippen molar-refractivity contribution in [3.8, 4) is 0 Å². The van der Waals surface area contributed by atoms with Gasteiger partial charge in [-0.1, -0.05) is 12.1 Å². The quantitative estimate of drug-likeness (QED) is 0.737. The number of alkyl halides is 3. The number of likely N-dealkylation sites (N-methyl/N-ethyl adjacent to an activating group) is 1. The maximum absolute atomic E-state index is 12.7. The zero-order chi connectivity index (χ0) is 20.6. The number of rotatable bonds is 4. The van der Waals surface area contributed by atoms with Crippen LogP contribution in [-0.4, -0.2) is 37.4 Å². The Kier molecular flexibility index (Phi) is 4.97. The predicted molar refractivity (Wildman–Crippen MR) is 96.3 cm³/mol. The molecule has 2 heterocycles. The molecule has 0 fully saturated rings. The van der Waals surface area contributed by atoms with Crippen molar-refractivity contribution in [2.45, 2.75) is 33.0 Å². The first-order valence-corrected chi connectivity index (χ1v) is 8.44. The SMILES string of the molecule is Cc1nc2nc(N)nn2c(C)c1CC(=O)N(C)Cc1ccc(C(F)(F)F)cc1. The van der Waals surface area contributed by atoms with Crippen molar-refractivity contribution in [1.82, 2.24) is 24.5 Å². The van der Waals surface area contributed by atoms with E-state index in [2.05, 4.69) is 15.1 Å². The molecule has 7 nitrogen and oxygen atoms in total. The van der Waals surface area contributed by atoms with Crippen LogP contribution in [0.15, 0.2) is 24.3 Å². The highest BCUT2D eigenvalue weighted by Crippen LogP contribution is 2.29. The molecule has 0 aliphatic carbocycles. The molecule has 28 heavy (non-hydrogen) atoms. The molecule has 0 saturated heterocycles. The molecule has 3 rings (SSSR count). The summed E-state index contributed by atoms with van der Waals surface area (Å²) in [5, 5.41) is 4.07. The number of anilines is 1. The van der Waals surface area contributed by atoms with Gasteiger partial charge in [-0.2, -0.15) is 22.7 Å². The van der Waals surface area contributed by atoms with Gasteiger partial charge in [-0.25, -0.2) is 4.98 Å². The van der Waals surface area contributed by atoms with Crippen molar-refractivity contribution < 1.29 is 18.0 Å². The van der Waals surface area contributed by atoms with Crippen molar-refractivity contribution in [1.29, 1.82) is 0 Å². The fourth-order valence-corrected chi connectivity index (χ4v) is 2.93. The molecule has 0 radical (unpaired) electrons. The van der Waals surface area contributed by atoms with Crippen LogP contribution >= 0.6 is 0 Å². The maximum Gasteiger partial charge on any atom is 0.416 e. The molecule has 0 spiro atoms. The second-order valence-corrected chi connectivity index (χ2v) is 6.56. The van der Waals surface area contributed by atoms with Crippen molar-refractivity contribution in [2.24, 2.45) is 0 Å². The molecule has 1 aromatic carbocycles. The average Bonchev–Trinajstić information content (AvgIpc) is 2.98. The number of fused-ring (bicyclic) bond motifs is 1. The van der Waals surface area contributed by atoms with Crippen LogP contribution in [0.2, 0.25) is 0 Å². The third-order valence-electron chi connectivity index (χ3n) is 4.52. The van der Waals surface area contributed by atoms with Gasteiger partial charge in [0.15, 0.2) is 0 Å². The summed E-state index contributed by atoms with van der Waals surface area (Å²) in [5.41, 5.74) is 7.56. The van der Waals surface area contributed by atoms with Gasteiger partial charge in [-0.3, -0.25) is 4.79 Å². The van der Waals surface area contributed by atoms with Crippen LogP contribution in [0.5, 0.6) is 0 Å². The van der Waals surface area contributed by atoms with E-state index in [1.54, 1.807) is 20.9 Å². The minimum absolute atomic E-state index is 0.0809. The smallest absolute Gasteiger partial charge is 0.366 e. The van der Waals surface area contributed by atoms with Gasteiger partial charge in [-0.05, 0) is 31.5 Å². The molecule has 1 amide bonds. The van der Waals surface area contributed by atoms with Gasteiger partial charge in [0.2, 0.25) is 11.9 Å². The monoisotopic (exact) mass is 392 g/mol. The van der Waals surface area contributed by atoms with Crippen molar-refractivity contribution in [2.75, 3.05) is 12.8 Å². The number of carbonyl (C=O) groups excluding carboxylic acids is 1. The lowest BCUT2D eigenvalue weighted by Crippen LogP contribution is -2.28. The van der Waals surface area contributed by atoms with E-state index >= 15 is 0 Å². The molecule has 0 saturated carbocycles. The van der Waals surface area contributed by atoms with Gasteiger partial charge >= 0.3 is 6.18 Å². The van der Waals surface area contributed by atoms with Crippen molar-refractivity contribution in [3.05, 3.63) is 52.3 Å². The molecule has 2 N–H and O–H groups in total. The fraction of sp³-hybridized carbons (Fsp3) is 0.333. The van der Waals surface area contributed by atoms with Gasteiger partial charge in [0, 0.05) is 30.5 Å². The summed E-state index contributed by atoms with van der Waals surface area (Å²) in [5.74, 6) is 0.264. The van der Waals surface area contributed by atoms with E-state index in [0.29, 0.717) is 28.3 Å². The number of nitrogens with two attached hydrogens (primary N) is 1. The third-order valence-corrected chi connectivity index (χ3v) is 4.52. The van der Waals surface area contributed by atoms with E-state index in [1.807, 2.05) is 0 Å². The van der Waals surface area contributed by atoms with Crippen LogP contribution in [-0.2, 0) is 23.9 Å². The summed E-state index contributed by atoms with van der Waals surface area (Å²) in [6, 6.07) is 4.76. The summed E-state index contributed by atoms with van der Waals surface area (Å²) < 4.78 is 39.4. The van der Waals surface area contributed by atoms with E-state index in [4.69, 9.17) is 5.73 Å². The average molecular weight is 392 g/mol. The number of nitrogen functional groups attached to an aromatic ring is 1. The molecule has 0 unspecified atom stereocenters. The van der Waals surface area contributed by atoms with Gasteiger partial charge in [-0.15, -0.1) is 5.10 Å². The Morgan fingerprint density at radius 2 is 1.82 bits per heavy atom. The lowest BCUT2D eigenvalue weighted by Gasteiger charge is -2.19. The first-order chi connectivity index (χ1) is 13.1. The summed E-state index contributed by atoms with van der Waals surface area (Å²) in [6.07, 6.45) is -4.30. The van der Waals surface area contributed by atoms with Gasteiger partial charge in [0.25, 0.3) is 5.78 Å². The second-order valence-electron chi connectivity index (χ2n) is 6.56. The molecule has 0 bridgehead atoms. The van der Waals surface area contributed by atoms with Crippen LogP contribution in [0, 0.1) is 13.8 Å². The molecular weight excluding hydrogens is 373 g/mol. The summed E-state index contributed by atoms with van der Waals surface area (Å²) >= 11 is 0. The fourth-order valence-electron chi connectivity index (χ4n) is 2.93. The van der Waals surface area contributed by atoms with Crippen LogP contribution < -0.4 is 5.73 Å². The highest BCUT2D eigenvalue weighted by Gasteiger charge is 2.30.